The molecule has 2 aliphatic carbocycles. The second-order valence-corrected chi connectivity index (χ2v) is 7.05. The Labute approximate surface area is 126 Å². The third-order valence-corrected chi connectivity index (χ3v) is 5.25. The Balaban J connectivity index is 1.71. The first kappa shape index (κ1) is 12.7. The summed E-state index contributed by atoms with van der Waals surface area (Å²) < 4.78 is 1.08. The highest BCUT2D eigenvalue weighted by molar-refractivity contribution is 14.1. The van der Waals surface area contributed by atoms with Crippen molar-refractivity contribution in [2.75, 3.05) is 5.32 Å². The Hall–Kier alpha value is -0.290. The Morgan fingerprint density at radius 1 is 1.33 bits per heavy atom. The summed E-state index contributed by atoms with van der Waals surface area (Å²) >= 11 is 8.35. The predicted octanol–water partition coefficient (Wildman–Crippen LogP) is 4.32. The van der Waals surface area contributed by atoms with Crippen molar-refractivity contribution >= 4 is 45.8 Å². The first-order valence-electron chi connectivity index (χ1n) is 6.39. The molecule has 1 aromatic rings. The van der Waals surface area contributed by atoms with Gasteiger partial charge in [-0.3, -0.25) is 4.79 Å². The summed E-state index contributed by atoms with van der Waals surface area (Å²) in [7, 11) is 0. The number of benzene rings is 1. The lowest BCUT2D eigenvalue weighted by Gasteiger charge is -2.21. The van der Waals surface area contributed by atoms with Crippen molar-refractivity contribution in [3.63, 3.8) is 0 Å². The lowest BCUT2D eigenvalue weighted by molar-refractivity contribution is -0.121. The number of carbonyl (C=O) groups is 1. The van der Waals surface area contributed by atoms with Crippen LogP contribution in [0.3, 0.4) is 0 Å². The van der Waals surface area contributed by atoms with E-state index in [0.29, 0.717) is 10.9 Å². The van der Waals surface area contributed by atoms with Crippen LogP contribution in [0.25, 0.3) is 0 Å². The lowest BCUT2D eigenvalue weighted by Crippen LogP contribution is -2.27. The van der Waals surface area contributed by atoms with Crippen molar-refractivity contribution in [3.8, 4) is 0 Å². The third kappa shape index (κ3) is 2.39. The Morgan fingerprint density at radius 2 is 2.17 bits per heavy atom. The molecule has 0 heterocycles. The number of nitrogens with one attached hydrogen (secondary N) is 1. The van der Waals surface area contributed by atoms with Gasteiger partial charge in [-0.05, 0) is 71.9 Å². The number of hydrogen-bond acceptors (Lipinski definition) is 1. The van der Waals surface area contributed by atoms with Crippen LogP contribution < -0.4 is 5.32 Å². The minimum absolute atomic E-state index is 0.158. The van der Waals surface area contributed by atoms with Crippen molar-refractivity contribution in [1.82, 2.24) is 0 Å². The number of carbonyl (C=O) groups excluding carboxylic acids is 1. The number of halogens is 2. The second-order valence-electron chi connectivity index (χ2n) is 5.39. The van der Waals surface area contributed by atoms with E-state index in [0.717, 1.165) is 21.6 Å². The number of rotatable bonds is 2. The maximum absolute atomic E-state index is 12.3. The predicted molar refractivity (Wildman–Crippen MR) is 81.7 cm³/mol. The van der Waals surface area contributed by atoms with E-state index in [-0.39, 0.29) is 11.8 Å². The van der Waals surface area contributed by atoms with Gasteiger partial charge in [0.2, 0.25) is 5.91 Å². The number of fused-ring (bicyclic) bond motifs is 2. The minimum Gasteiger partial charge on any atom is -0.325 e. The summed E-state index contributed by atoms with van der Waals surface area (Å²) in [5.41, 5.74) is 0.741. The highest BCUT2D eigenvalue weighted by Gasteiger charge is 2.43. The smallest absolute Gasteiger partial charge is 0.227 e. The topological polar surface area (TPSA) is 29.1 Å². The van der Waals surface area contributed by atoms with E-state index < -0.39 is 0 Å². The van der Waals surface area contributed by atoms with E-state index in [9.17, 15) is 4.79 Å². The second kappa shape index (κ2) is 5.00. The molecule has 0 saturated heterocycles. The summed E-state index contributed by atoms with van der Waals surface area (Å²) in [4.78, 5) is 12.3. The Bertz CT molecular complexity index is 491. The summed E-state index contributed by atoms with van der Waals surface area (Å²) in [5.74, 6) is 1.76. The van der Waals surface area contributed by atoms with Gasteiger partial charge in [0.05, 0.1) is 10.7 Å². The molecular weight excluding hydrogens is 361 g/mol. The molecule has 3 unspecified atom stereocenters. The van der Waals surface area contributed by atoms with E-state index in [1.807, 2.05) is 18.2 Å². The van der Waals surface area contributed by atoms with E-state index in [1.165, 1.54) is 19.3 Å². The molecule has 1 amide bonds. The summed E-state index contributed by atoms with van der Waals surface area (Å²) in [6.45, 7) is 0. The maximum atomic E-state index is 12.3. The number of anilines is 1. The van der Waals surface area contributed by atoms with Gasteiger partial charge in [-0.25, -0.2) is 0 Å². The van der Waals surface area contributed by atoms with Crippen LogP contribution in [0.5, 0.6) is 0 Å². The SMILES string of the molecule is O=C(Nc1ccc(I)cc1Cl)C1CC2CCC1C2. The van der Waals surface area contributed by atoms with E-state index in [2.05, 4.69) is 27.9 Å². The first-order chi connectivity index (χ1) is 8.63. The molecule has 3 rings (SSSR count). The van der Waals surface area contributed by atoms with Gasteiger partial charge >= 0.3 is 0 Å². The molecular formula is C14H15ClINO. The first-order valence-corrected chi connectivity index (χ1v) is 7.85. The zero-order valence-corrected chi connectivity index (χ0v) is 12.9. The number of amides is 1. The molecule has 96 valence electrons. The fourth-order valence-electron chi connectivity index (χ4n) is 3.38. The van der Waals surface area contributed by atoms with Gasteiger partial charge in [0.1, 0.15) is 0 Å². The molecule has 0 aliphatic heterocycles. The van der Waals surface area contributed by atoms with Crippen LogP contribution in [-0.4, -0.2) is 5.91 Å². The maximum Gasteiger partial charge on any atom is 0.227 e. The van der Waals surface area contributed by atoms with Gasteiger partial charge in [-0.15, -0.1) is 0 Å². The molecule has 0 aromatic heterocycles. The molecule has 18 heavy (non-hydrogen) atoms. The summed E-state index contributed by atoms with van der Waals surface area (Å²) in [6, 6.07) is 5.72. The van der Waals surface area contributed by atoms with Gasteiger partial charge in [0.25, 0.3) is 0 Å². The average Bonchev–Trinajstić information content (AvgIpc) is 2.94. The molecule has 2 fully saturated rings. The van der Waals surface area contributed by atoms with Crippen molar-refractivity contribution in [2.24, 2.45) is 17.8 Å². The zero-order valence-electron chi connectivity index (χ0n) is 9.96. The van der Waals surface area contributed by atoms with E-state index >= 15 is 0 Å². The van der Waals surface area contributed by atoms with Crippen LogP contribution in [0.15, 0.2) is 18.2 Å². The van der Waals surface area contributed by atoms with Crippen LogP contribution in [0, 0.1) is 21.3 Å². The lowest BCUT2D eigenvalue weighted by atomic mass is 9.88. The van der Waals surface area contributed by atoms with Crippen LogP contribution in [0.2, 0.25) is 5.02 Å². The molecule has 2 aliphatic rings. The van der Waals surface area contributed by atoms with Gasteiger partial charge < -0.3 is 5.32 Å². The Morgan fingerprint density at radius 3 is 2.78 bits per heavy atom. The summed E-state index contributed by atoms with van der Waals surface area (Å²) in [5, 5.41) is 3.61. The Kier molecular flexibility index (Phi) is 3.54. The van der Waals surface area contributed by atoms with Crippen LogP contribution in [0.1, 0.15) is 25.7 Å². The molecule has 0 spiro atoms. The highest BCUT2D eigenvalue weighted by atomic mass is 127. The molecule has 2 saturated carbocycles. The zero-order chi connectivity index (χ0) is 12.7. The molecule has 2 nitrogen and oxygen atoms in total. The summed E-state index contributed by atoms with van der Waals surface area (Å²) in [6.07, 6.45) is 4.86. The quantitative estimate of drug-likeness (QED) is 0.766. The third-order valence-electron chi connectivity index (χ3n) is 4.26. The monoisotopic (exact) mass is 375 g/mol. The molecule has 1 N–H and O–H groups in total. The highest BCUT2D eigenvalue weighted by Crippen LogP contribution is 2.48. The standard InChI is InChI=1S/C14H15ClINO/c15-12-7-10(16)3-4-13(12)17-14(18)11-6-8-1-2-9(11)5-8/h3-4,7-9,11H,1-2,5-6H2,(H,17,18). The largest absolute Gasteiger partial charge is 0.325 e. The van der Waals surface area contributed by atoms with Crippen molar-refractivity contribution in [1.29, 1.82) is 0 Å². The molecule has 4 heteroatoms. The van der Waals surface area contributed by atoms with E-state index in [1.54, 1.807) is 0 Å². The normalized spacial score (nSPS) is 29.6. The van der Waals surface area contributed by atoms with Crippen LogP contribution >= 0.6 is 34.2 Å². The van der Waals surface area contributed by atoms with Crippen molar-refractivity contribution < 1.29 is 4.79 Å². The molecule has 1 aromatic carbocycles. The van der Waals surface area contributed by atoms with Crippen molar-refractivity contribution in [3.05, 3.63) is 26.8 Å². The van der Waals surface area contributed by atoms with Gasteiger partial charge in [0, 0.05) is 9.49 Å². The van der Waals surface area contributed by atoms with Gasteiger partial charge in [0.15, 0.2) is 0 Å². The molecule has 0 radical (unpaired) electrons. The number of hydrogen-bond donors (Lipinski definition) is 1. The van der Waals surface area contributed by atoms with Crippen LogP contribution in [0.4, 0.5) is 5.69 Å². The van der Waals surface area contributed by atoms with Crippen molar-refractivity contribution in [2.45, 2.75) is 25.7 Å². The van der Waals surface area contributed by atoms with E-state index in [4.69, 9.17) is 11.6 Å². The minimum atomic E-state index is 0.158. The van der Waals surface area contributed by atoms with Gasteiger partial charge in [-0.1, -0.05) is 18.0 Å². The average molecular weight is 376 g/mol. The van der Waals surface area contributed by atoms with Crippen LogP contribution in [-0.2, 0) is 4.79 Å². The molecule has 2 bridgehead atoms. The fourth-order valence-corrected chi connectivity index (χ4v) is 4.29. The van der Waals surface area contributed by atoms with Gasteiger partial charge in [-0.2, -0.15) is 0 Å². The fraction of sp³-hybridized carbons (Fsp3) is 0.500. The molecule has 3 atom stereocenters.